The van der Waals surface area contributed by atoms with Crippen molar-refractivity contribution in [3.05, 3.63) is 101 Å². The van der Waals surface area contributed by atoms with E-state index < -0.39 is 0 Å². The molecule has 0 radical (unpaired) electrons. The van der Waals surface area contributed by atoms with Crippen LogP contribution in [0.4, 0.5) is 0 Å². The fourth-order valence-corrected chi connectivity index (χ4v) is 3.62. The fourth-order valence-electron chi connectivity index (χ4n) is 3.62. The van der Waals surface area contributed by atoms with Gasteiger partial charge in [0.15, 0.2) is 0 Å². The van der Waals surface area contributed by atoms with Gasteiger partial charge in [0.1, 0.15) is 5.69 Å². The molecule has 2 aromatic carbocycles. The van der Waals surface area contributed by atoms with Crippen molar-refractivity contribution in [3.63, 3.8) is 0 Å². The van der Waals surface area contributed by atoms with Crippen LogP contribution >= 0.6 is 0 Å². The Balaban J connectivity index is 1.47. The molecule has 0 aliphatic carbocycles. The standard InChI is InChI=1S/C24H23N3O2/c1-17(18-7-3-2-4-8-18)26-23(28)20-11-13-25-22(15-20)24(29)27-14-12-19-9-5-6-10-21(19)16-27/h2-11,13,15,17H,12,14,16H2,1H3,(H,26,28). The first kappa shape index (κ1) is 18.9. The number of carbonyl (C=O) groups is 2. The molecular formula is C24H23N3O2. The maximum atomic E-state index is 13.0. The quantitative estimate of drug-likeness (QED) is 0.744. The summed E-state index contributed by atoms with van der Waals surface area (Å²) in [6.07, 6.45) is 2.35. The van der Waals surface area contributed by atoms with Gasteiger partial charge in [0, 0.05) is 24.8 Å². The molecule has 146 valence electrons. The van der Waals surface area contributed by atoms with Crippen LogP contribution in [0.1, 0.15) is 50.5 Å². The minimum atomic E-state index is -0.221. The van der Waals surface area contributed by atoms with Gasteiger partial charge in [-0.25, -0.2) is 0 Å². The Morgan fingerprint density at radius 1 is 1.00 bits per heavy atom. The minimum absolute atomic E-state index is 0.130. The molecule has 1 N–H and O–H groups in total. The van der Waals surface area contributed by atoms with Crippen molar-refractivity contribution in [2.45, 2.75) is 25.9 Å². The van der Waals surface area contributed by atoms with E-state index in [2.05, 4.69) is 22.4 Å². The lowest BCUT2D eigenvalue weighted by Crippen LogP contribution is -2.36. The number of amides is 2. The van der Waals surface area contributed by atoms with E-state index in [9.17, 15) is 9.59 Å². The average molecular weight is 385 g/mol. The lowest BCUT2D eigenvalue weighted by molar-refractivity contribution is 0.0728. The molecule has 0 spiro atoms. The molecule has 1 aliphatic heterocycles. The summed E-state index contributed by atoms with van der Waals surface area (Å²) in [6, 6.07) is 21.0. The molecule has 29 heavy (non-hydrogen) atoms. The number of hydrogen-bond acceptors (Lipinski definition) is 3. The van der Waals surface area contributed by atoms with Crippen LogP contribution in [0, 0.1) is 0 Å². The Morgan fingerprint density at radius 3 is 2.52 bits per heavy atom. The van der Waals surface area contributed by atoms with Gasteiger partial charge < -0.3 is 10.2 Å². The van der Waals surface area contributed by atoms with Crippen LogP contribution in [0.2, 0.25) is 0 Å². The number of carbonyl (C=O) groups excluding carboxylic acids is 2. The molecule has 0 saturated carbocycles. The largest absolute Gasteiger partial charge is 0.346 e. The Morgan fingerprint density at radius 2 is 1.72 bits per heavy atom. The van der Waals surface area contributed by atoms with E-state index in [0.717, 1.165) is 17.5 Å². The summed E-state index contributed by atoms with van der Waals surface area (Å²) in [6.45, 7) is 3.16. The molecule has 0 bridgehead atoms. The number of pyridine rings is 1. The number of benzene rings is 2. The van der Waals surface area contributed by atoms with Crippen molar-refractivity contribution in [2.75, 3.05) is 6.54 Å². The third kappa shape index (κ3) is 4.19. The van der Waals surface area contributed by atoms with Crippen molar-refractivity contribution >= 4 is 11.8 Å². The van der Waals surface area contributed by atoms with Crippen LogP contribution in [0.15, 0.2) is 72.9 Å². The van der Waals surface area contributed by atoms with E-state index in [1.807, 2.05) is 49.4 Å². The Kier molecular flexibility index (Phi) is 5.38. The summed E-state index contributed by atoms with van der Waals surface area (Å²) in [5, 5.41) is 2.98. The first-order valence-electron chi connectivity index (χ1n) is 9.80. The summed E-state index contributed by atoms with van der Waals surface area (Å²) >= 11 is 0. The Hall–Kier alpha value is -3.47. The zero-order chi connectivity index (χ0) is 20.2. The lowest BCUT2D eigenvalue weighted by atomic mass is 9.99. The zero-order valence-corrected chi connectivity index (χ0v) is 16.3. The number of hydrogen-bond donors (Lipinski definition) is 1. The number of nitrogens with zero attached hydrogens (tertiary/aromatic N) is 2. The maximum absolute atomic E-state index is 13.0. The van der Waals surface area contributed by atoms with Crippen LogP contribution in [0.25, 0.3) is 0 Å². The third-order valence-electron chi connectivity index (χ3n) is 5.31. The highest BCUT2D eigenvalue weighted by Gasteiger charge is 2.23. The smallest absolute Gasteiger partial charge is 0.272 e. The van der Waals surface area contributed by atoms with E-state index in [0.29, 0.717) is 24.3 Å². The molecule has 5 heteroatoms. The molecule has 2 heterocycles. The summed E-state index contributed by atoms with van der Waals surface area (Å²) in [4.78, 5) is 31.6. The van der Waals surface area contributed by atoms with Crippen molar-refractivity contribution < 1.29 is 9.59 Å². The predicted octanol–water partition coefficient (Wildman–Crippen LogP) is 3.77. The van der Waals surface area contributed by atoms with E-state index in [4.69, 9.17) is 0 Å². The van der Waals surface area contributed by atoms with Gasteiger partial charge in [0.2, 0.25) is 0 Å². The van der Waals surface area contributed by atoms with Gasteiger partial charge in [-0.1, -0.05) is 54.6 Å². The van der Waals surface area contributed by atoms with E-state index in [1.54, 1.807) is 17.0 Å². The monoisotopic (exact) mass is 385 g/mol. The highest BCUT2D eigenvalue weighted by atomic mass is 16.2. The molecular weight excluding hydrogens is 362 g/mol. The third-order valence-corrected chi connectivity index (χ3v) is 5.31. The summed E-state index contributed by atoms with van der Waals surface area (Å²) < 4.78 is 0. The van der Waals surface area contributed by atoms with Crippen LogP contribution < -0.4 is 5.32 Å². The van der Waals surface area contributed by atoms with Crippen LogP contribution in [0.3, 0.4) is 0 Å². The topological polar surface area (TPSA) is 62.3 Å². The van der Waals surface area contributed by atoms with Crippen molar-refractivity contribution in [1.82, 2.24) is 15.2 Å². The molecule has 1 aliphatic rings. The fraction of sp³-hybridized carbons (Fsp3) is 0.208. The van der Waals surface area contributed by atoms with Gasteiger partial charge in [-0.05, 0) is 42.2 Å². The number of rotatable bonds is 4. The SMILES string of the molecule is CC(NC(=O)c1ccnc(C(=O)N2CCc3ccccc3C2)c1)c1ccccc1. The predicted molar refractivity (Wildman–Crippen MR) is 111 cm³/mol. The van der Waals surface area contributed by atoms with Crippen molar-refractivity contribution in [2.24, 2.45) is 0 Å². The molecule has 4 rings (SSSR count). The highest BCUT2D eigenvalue weighted by molar-refractivity contribution is 5.98. The second-order valence-electron chi connectivity index (χ2n) is 7.28. The van der Waals surface area contributed by atoms with E-state index >= 15 is 0 Å². The lowest BCUT2D eigenvalue weighted by Gasteiger charge is -2.28. The van der Waals surface area contributed by atoms with Gasteiger partial charge >= 0.3 is 0 Å². The van der Waals surface area contributed by atoms with Gasteiger partial charge in [-0.3, -0.25) is 14.6 Å². The van der Waals surface area contributed by atoms with Crippen LogP contribution in [-0.4, -0.2) is 28.2 Å². The maximum Gasteiger partial charge on any atom is 0.272 e. The molecule has 5 nitrogen and oxygen atoms in total. The molecule has 0 fully saturated rings. The van der Waals surface area contributed by atoms with Crippen molar-refractivity contribution in [1.29, 1.82) is 0 Å². The molecule has 2 amide bonds. The van der Waals surface area contributed by atoms with Gasteiger partial charge in [0.25, 0.3) is 11.8 Å². The second-order valence-corrected chi connectivity index (χ2v) is 7.28. The van der Waals surface area contributed by atoms with E-state index in [1.165, 1.54) is 11.8 Å². The molecule has 1 aromatic heterocycles. The number of fused-ring (bicyclic) bond motifs is 1. The van der Waals surface area contributed by atoms with Crippen LogP contribution in [-0.2, 0) is 13.0 Å². The van der Waals surface area contributed by atoms with Crippen molar-refractivity contribution in [3.8, 4) is 0 Å². The first-order valence-corrected chi connectivity index (χ1v) is 9.80. The summed E-state index contributed by atoms with van der Waals surface area (Å²) in [5.74, 6) is -0.368. The van der Waals surface area contributed by atoms with Gasteiger partial charge in [-0.15, -0.1) is 0 Å². The Labute approximate surface area is 170 Å². The number of nitrogens with one attached hydrogen (secondary N) is 1. The highest BCUT2D eigenvalue weighted by Crippen LogP contribution is 2.20. The average Bonchev–Trinajstić information content (AvgIpc) is 2.79. The van der Waals surface area contributed by atoms with Gasteiger partial charge in [-0.2, -0.15) is 0 Å². The van der Waals surface area contributed by atoms with E-state index in [-0.39, 0.29) is 17.9 Å². The minimum Gasteiger partial charge on any atom is -0.346 e. The Bertz CT molecular complexity index is 1030. The zero-order valence-electron chi connectivity index (χ0n) is 16.3. The second kappa shape index (κ2) is 8.27. The number of aromatic nitrogens is 1. The van der Waals surface area contributed by atoms with Crippen LogP contribution in [0.5, 0.6) is 0 Å². The first-order chi connectivity index (χ1) is 14.1. The molecule has 1 unspecified atom stereocenters. The molecule has 3 aromatic rings. The molecule has 0 saturated heterocycles. The van der Waals surface area contributed by atoms with Gasteiger partial charge in [0.05, 0.1) is 6.04 Å². The molecule has 1 atom stereocenters. The summed E-state index contributed by atoms with van der Waals surface area (Å²) in [5.41, 5.74) is 4.20. The summed E-state index contributed by atoms with van der Waals surface area (Å²) in [7, 11) is 0. The normalized spacial score (nSPS) is 14.0.